The van der Waals surface area contributed by atoms with Crippen molar-refractivity contribution in [1.29, 1.82) is 0 Å². The first-order chi connectivity index (χ1) is 8.49. The zero-order valence-electron chi connectivity index (χ0n) is 11.8. The lowest BCUT2D eigenvalue weighted by molar-refractivity contribution is 0.648. The van der Waals surface area contributed by atoms with Crippen molar-refractivity contribution in [3.63, 3.8) is 0 Å². The van der Waals surface area contributed by atoms with Crippen molar-refractivity contribution in [1.82, 2.24) is 5.32 Å². The minimum absolute atomic E-state index is 0.330. The second-order valence-electron chi connectivity index (χ2n) is 4.68. The molecule has 1 aromatic carbocycles. The maximum Gasteiger partial charge on any atom is 0.0418 e. The molecule has 0 aromatic heterocycles. The molecule has 2 nitrogen and oxygen atoms in total. The van der Waals surface area contributed by atoms with Crippen LogP contribution in [0.3, 0.4) is 0 Å². The topological polar surface area (TPSA) is 15.3 Å². The molecular formula is C15H23BrN2. The van der Waals surface area contributed by atoms with E-state index in [0.29, 0.717) is 6.04 Å². The highest BCUT2D eigenvalue weighted by atomic mass is 79.9. The summed E-state index contributed by atoms with van der Waals surface area (Å²) in [4.78, 5) is 2.36. The van der Waals surface area contributed by atoms with E-state index in [-0.39, 0.29) is 0 Å². The third kappa shape index (κ3) is 3.85. The number of anilines is 1. The van der Waals surface area contributed by atoms with Crippen LogP contribution in [-0.4, -0.2) is 20.1 Å². The Morgan fingerprint density at radius 3 is 2.67 bits per heavy atom. The van der Waals surface area contributed by atoms with Gasteiger partial charge in [0.1, 0.15) is 0 Å². The number of rotatable bonds is 6. The fourth-order valence-electron chi connectivity index (χ4n) is 2.01. The van der Waals surface area contributed by atoms with Gasteiger partial charge < -0.3 is 10.2 Å². The minimum atomic E-state index is 0.330. The summed E-state index contributed by atoms with van der Waals surface area (Å²) in [5.74, 6) is 0. The third-order valence-electron chi connectivity index (χ3n) is 3.07. The number of hydrogen-bond acceptors (Lipinski definition) is 2. The van der Waals surface area contributed by atoms with Crippen molar-refractivity contribution in [3.8, 4) is 0 Å². The van der Waals surface area contributed by atoms with Crippen molar-refractivity contribution < 1.29 is 0 Å². The molecule has 1 N–H and O–H groups in total. The molecule has 0 radical (unpaired) electrons. The van der Waals surface area contributed by atoms with E-state index in [1.807, 2.05) is 7.05 Å². The van der Waals surface area contributed by atoms with Gasteiger partial charge in [-0.25, -0.2) is 0 Å². The van der Waals surface area contributed by atoms with Crippen LogP contribution in [0.4, 0.5) is 5.69 Å². The van der Waals surface area contributed by atoms with Gasteiger partial charge >= 0.3 is 0 Å². The summed E-state index contributed by atoms with van der Waals surface area (Å²) in [6.45, 7) is 12.3. The van der Waals surface area contributed by atoms with Crippen LogP contribution in [0, 0.1) is 0 Å². The molecule has 3 heteroatoms. The highest BCUT2D eigenvalue weighted by molar-refractivity contribution is 9.10. The van der Waals surface area contributed by atoms with Crippen LogP contribution in [0.2, 0.25) is 0 Å². The van der Waals surface area contributed by atoms with Crippen molar-refractivity contribution in [2.75, 3.05) is 25.0 Å². The standard InChI is InChI=1S/C15H23BrN2/c1-6-18(10-11(2)3)15-8-7-13(16)9-14(15)12(4)17-5/h7-9,12,17H,2,6,10H2,1,3-5H3. The fourth-order valence-corrected chi connectivity index (χ4v) is 2.39. The predicted octanol–water partition coefficient (Wildman–Crippen LogP) is 4.13. The van der Waals surface area contributed by atoms with Gasteiger partial charge in [0.15, 0.2) is 0 Å². The van der Waals surface area contributed by atoms with Crippen molar-refractivity contribution in [2.24, 2.45) is 0 Å². The zero-order valence-corrected chi connectivity index (χ0v) is 13.3. The van der Waals surface area contributed by atoms with E-state index in [0.717, 1.165) is 17.6 Å². The molecule has 0 spiro atoms. The van der Waals surface area contributed by atoms with Crippen LogP contribution in [0.1, 0.15) is 32.4 Å². The molecule has 0 fully saturated rings. The highest BCUT2D eigenvalue weighted by Gasteiger charge is 2.14. The average molecular weight is 311 g/mol. The summed E-state index contributed by atoms with van der Waals surface area (Å²) in [6.07, 6.45) is 0. The molecule has 1 atom stereocenters. The van der Waals surface area contributed by atoms with E-state index >= 15 is 0 Å². The monoisotopic (exact) mass is 310 g/mol. The molecule has 0 saturated heterocycles. The van der Waals surface area contributed by atoms with E-state index in [1.54, 1.807) is 0 Å². The Morgan fingerprint density at radius 1 is 1.50 bits per heavy atom. The Kier molecular flexibility index (Phi) is 5.89. The second-order valence-corrected chi connectivity index (χ2v) is 5.60. The van der Waals surface area contributed by atoms with Crippen LogP contribution >= 0.6 is 15.9 Å². The molecule has 1 unspecified atom stereocenters. The third-order valence-corrected chi connectivity index (χ3v) is 3.57. The van der Waals surface area contributed by atoms with E-state index < -0.39 is 0 Å². The van der Waals surface area contributed by atoms with Crippen LogP contribution in [0.5, 0.6) is 0 Å². The largest absolute Gasteiger partial charge is 0.368 e. The number of hydrogen-bond donors (Lipinski definition) is 1. The zero-order chi connectivity index (χ0) is 13.7. The van der Waals surface area contributed by atoms with Crippen molar-refractivity contribution in [3.05, 3.63) is 40.4 Å². The molecule has 0 heterocycles. The molecule has 1 rings (SSSR count). The smallest absolute Gasteiger partial charge is 0.0418 e. The molecule has 100 valence electrons. The number of likely N-dealkylation sites (N-methyl/N-ethyl adjacent to an activating group) is 1. The Bertz CT molecular complexity index is 415. The molecule has 0 bridgehead atoms. The van der Waals surface area contributed by atoms with Gasteiger partial charge in [-0.05, 0) is 51.6 Å². The van der Waals surface area contributed by atoms with Gasteiger partial charge in [0.2, 0.25) is 0 Å². The van der Waals surface area contributed by atoms with Gasteiger partial charge in [0.05, 0.1) is 0 Å². The lowest BCUT2D eigenvalue weighted by Gasteiger charge is -2.28. The molecule has 0 aliphatic heterocycles. The molecule has 18 heavy (non-hydrogen) atoms. The maximum absolute atomic E-state index is 4.01. The number of halogens is 1. The first-order valence-corrected chi connectivity index (χ1v) is 7.14. The van der Waals surface area contributed by atoms with Gasteiger partial charge in [0.25, 0.3) is 0 Å². The summed E-state index contributed by atoms with van der Waals surface area (Å²) in [5, 5.41) is 3.31. The van der Waals surface area contributed by atoms with Crippen LogP contribution in [0.15, 0.2) is 34.8 Å². The van der Waals surface area contributed by atoms with Crippen LogP contribution in [0.25, 0.3) is 0 Å². The summed E-state index contributed by atoms with van der Waals surface area (Å²) in [6, 6.07) is 6.80. The normalized spacial score (nSPS) is 12.3. The summed E-state index contributed by atoms with van der Waals surface area (Å²) in [5.41, 5.74) is 3.78. The fraction of sp³-hybridized carbons (Fsp3) is 0.467. The summed E-state index contributed by atoms with van der Waals surface area (Å²) < 4.78 is 1.12. The second kappa shape index (κ2) is 6.95. The van der Waals surface area contributed by atoms with Crippen molar-refractivity contribution in [2.45, 2.75) is 26.8 Å². The SMILES string of the molecule is C=C(C)CN(CC)c1ccc(Br)cc1C(C)NC. The maximum atomic E-state index is 4.01. The Morgan fingerprint density at radius 2 is 2.17 bits per heavy atom. The van der Waals surface area contributed by atoms with Crippen LogP contribution in [-0.2, 0) is 0 Å². The minimum Gasteiger partial charge on any atom is -0.368 e. The molecule has 0 saturated carbocycles. The molecule has 0 aliphatic carbocycles. The Hall–Kier alpha value is -0.800. The first kappa shape index (κ1) is 15.3. The van der Waals surface area contributed by atoms with E-state index in [9.17, 15) is 0 Å². The lowest BCUT2D eigenvalue weighted by Crippen LogP contribution is -2.27. The lowest BCUT2D eigenvalue weighted by atomic mass is 10.0. The average Bonchev–Trinajstić information content (AvgIpc) is 2.35. The van der Waals surface area contributed by atoms with Gasteiger partial charge in [-0.3, -0.25) is 0 Å². The summed E-state index contributed by atoms with van der Waals surface area (Å²) in [7, 11) is 1.99. The molecular weight excluding hydrogens is 288 g/mol. The molecule has 0 aliphatic rings. The van der Waals surface area contributed by atoms with Gasteiger partial charge in [0, 0.05) is 29.3 Å². The highest BCUT2D eigenvalue weighted by Crippen LogP contribution is 2.29. The molecule has 1 aromatic rings. The number of nitrogens with zero attached hydrogens (tertiary/aromatic N) is 1. The number of benzene rings is 1. The van der Waals surface area contributed by atoms with E-state index in [4.69, 9.17) is 0 Å². The predicted molar refractivity (Wildman–Crippen MR) is 84.3 cm³/mol. The Balaban J connectivity index is 3.16. The van der Waals surface area contributed by atoms with E-state index in [1.165, 1.54) is 16.8 Å². The summed E-state index contributed by atoms with van der Waals surface area (Å²) >= 11 is 3.55. The van der Waals surface area contributed by atoms with Crippen LogP contribution < -0.4 is 10.2 Å². The van der Waals surface area contributed by atoms with Gasteiger partial charge in [-0.15, -0.1) is 0 Å². The van der Waals surface area contributed by atoms with Crippen molar-refractivity contribution >= 4 is 21.6 Å². The van der Waals surface area contributed by atoms with Gasteiger partial charge in [-0.1, -0.05) is 28.1 Å². The quantitative estimate of drug-likeness (QED) is 0.795. The number of nitrogens with one attached hydrogen (secondary N) is 1. The Labute approximate surface area is 119 Å². The first-order valence-electron chi connectivity index (χ1n) is 6.35. The molecule has 0 amide bonds. The van der Waals surface area contributed by atoms with Gasteiger partial charge in [-0.2, -0.15) is 0 Å². The van der Waals surface area contributed by atoms with E-state index in [2.05, 4.69) is 71.7 Å².